The summed E-state index contributed by atoms with van der Waals surface area (Å²) >= 11 is 0. The molecule has 6 heteroatoms. The van der Waals surface area contributed by atoms with Gasteiger partial charge in [-0.1, -0.05) is 30.3 Å². The molecule has 2 fully saturated rings. The van der Waals surface area contributed by atoms with Crippen molar-refractivity contribution in [1.82, 2.24) is 15.3 Å². The van der Waals surface area contributed by atoms with Crippen molar-refractivity contribution >= 4 is 11.9 Å². The van der Waals surface area contributed by atoms with Gasteiger partial charge in [-0.2, -0.15) is 0 Å². The van der Waals surface area contributed by atoms with Crippen LogP contribution in [0.15, 0.2) is 42.6 Å². The maximum Gasteiger partial charge on any atom is 0.225 e. The molecule has 2 aliphatic heterocycles. The fraction of sp³-hybridized carbons (Fsp3) is 0.476. The highest BCUT2D eigenvalue weighted by Gasteiger charge is 2.26. The van der Waals surface area contributed by atoms with E-state index < -0.39 is 0 Å². The molecule has 0 saturated carbocycles. The van der Waals surface area contributed by atoms with Crippen LogP contribution in [-0.4, -0.2) is 48.2 Å². The van der Waals surface area contributed by atoms with E-state index in [-0.39, 0.29) is 11.9 Å². The van der Waals surface area contributed by atoms with Crippen LogP contribution < -0.4 is 10.2 Å². The molecule has 1 amide bonds. The van der Waals surface area contributed by atoms with Crippen LogP contribution in [0.1, 0.15) is 36.4 Å². The van der Waals surface area contributed by atoms with E-state index in [1.807, 2.05) is 42.6 Å². The molecule has 1 N–H and O–H groups in total. The number of nitrogens with one attached hydrogen (secondary N) is 1. The molecule has 142 valence electrons. The van der Waals surface area contributed by atoms with Crippen LogP contribution in [0, 0.1) is 0 Å². The summed E-state index contributed by atoms with van der Waals surface area (Å²) in [6.45, 7) is 3.25. The summed E-state index contributed by atoms with van der Waals surface area (Å²) < 4.78 is 5.45. The Morgan fingerprint density at radius 2 is 1.96 bits per heavy atom. The average molecular weight is 366 g/mol. The lowest BCUT2D eigenvalue weighted by Gasteiger charge is -2.23. The first-order valence-corrected chi connectivity index (χ1v) is 9.77. The fourth-order valence-electron chi connectivity index (χ4n) is 3.85. The number of hydrogen-bond donors (Lipinski definition) is 1. The minimum atomic E-state index is 0.0740. The van der Waals surface area contributed by atoms with E-state index in [2.05, 4.69) is 15.2 Å². The van der Waals surface area contributed by atoms with E-state index in [1.54, 1.807) is 0 Å². The molecule has 1 unspecified atom stereocenters. The number of hydrogen-bond acceptors (Lipinski definition) is 5. The summed E-state index contributed by atoms with van der Waals surface area (Å²) in [5.41, 5.74) is 2.15. The van der Waals surface area contributed by atoms with E-state index in [9.17, 15) is 4.79 Å². The van der Waals surface area contributed by atoms with Gasteiger partial charge in [0, 0.05) is 50.2 Å². The molecule has 1 atom stereocenters. The number of nitrogens with zero attached hydrogens (tertiary/aromatic N) is 3. The normalized spacial score (nSPS) is 20.6. The molecule has 0 radical (unpaired) electrons. The first kappa shape index (κ1) is 17.9. The Kier molecular flexibility index (Phi) is 5.63. The van der Waals surface area contributed by atoms with Gasteiger partial charge in [0.05, 0.1) is 6.42 Å². The number of aromatic nitrogens is 2. The molecule has 0 spiro atoms. The lowest BCUT2D eigenvalue weighted by Crippen LogP contribution is -2.38. The summed E-state index contributed by atoms with van der Waals surface area (Å²) in [4.78, 5) is 23.8. The Bertz CT molecular complexity index is 762. The van der Waals surface area contributed by atoms with E-state index in [0.29, 0.717) is 12.3 Å². The largest absolute Gasteiger partial charge is 0.381 e. The maximum absolute atomic E-state index is 12.3. The summed E-state index contributed by atoms with van der Waals surface area (Å²) in [6, 6.07) is 12.0. The van der Waals surface area contributed by atoms with E-state index in [0.717, 1.165) is 62.8 Å². The van der Waals surface area contributed by atoms with Gasteiger partial charge in [-0.3, -0.25) is 4.79 Å². The SMILES string of the molecule is O=C(Cc1ccccc1)NC1CCN(c2nccc(C3CCOCC3)n2)C1. The standard InChI is InChI=1S/C21H26N4O2/c26-20(14-16-4-2-1-3-5-16)23-18-7-11-25(15-18)21-22-10-6-19(24-21)17-8-12-27-13-9-17/h1-6,10,17-18H,7-9,11-15H2,(H,23,26). The number of benzene rings is 1. The Morgan fingerprint density at radius 3 is 2.78 bits per heavy atom. The molecular formula is C21H26N4O2. The van der Waals surface area contributed by atoms with Crippen molar-refractivity contribution < 1.29 is 9.53 Å². The molecule has 1 aromatic heterocycles. The number of carbonyl (C=O) groups is 1. The molecule has 4 rings (SSSR count). The molecule has 27 heavy (non-hydrogen) atoms. The second kappa shape index (κ2) is 8.48. The summed E-state index contributed by atoms with van der Waals surface area (Å²) in [5.74, 6) is 1.31. The van der Waals surface area contributed by atoms with E-state index in [4.69, 9.17) is 9.72 Å². The van der Waals surface area contributed by atoms with Gasteiger partial charge in [-0.25, -0.2) is 9.97 Å². The Morgan fingerprint density at radius 1 is 1.15 bits per heavy atom. The quantitative estimate of drug-likeness (QED) is 0.880. The molecule has 2 aromatic rings. The monoisotopic (exact) mass is 366 g/mol. The third-order valence-electron chi connectivity index (χ3n) is 5.35. The molecule has 3 heterocycles. The van der Waals surface area contributed by atoms with E-state index in [1.165, 1.54) is 0 Å². The van der Waals surface area contributed by atoms with E-state index >= 15 is 0 Å². The zero-order valence-corrected chi connectivity index (χ0v) is 15.5. The lowest BCUT2D eigenvalue weighted by molar-refractivity contribution is -0.121. The van der Waals surface area contributed by atoms with Crippen molar-refractivity contribution in [3.05, 3.63) is 53.9 Å². The Balaban J connectivity index is 1.33. The number of rotatable bonds is 5. The molecule has 2 saturated heterocycles. The molecule has 2 aliphatic rings. The molecule has 0 aliphatic carbocycles. The van der Waals surface area contributed by atoms with Crippen LogP contribution in [0.25, 0.3) is 0 Å². The van der Waals surface area contributed by atoms with Gasteiger partial charge in [-0.15, -0.1) is 0 Å². The van der Waals surface area contributed by atoms with Gasteiger partial charge in [0.15, 0.2) is 0 Å². The second-order valence-corrected chi connectivity index (χ2v) is 7.33. The van der Waals surface area contributed by atoms with Crippen LogP contribution in [0.5, 0.6) is 0 Å². The van der Waals surface area contributed by atoms with Gasteiger partial charge >= 0.3 is 0 Å². The third kappa shape index (κ3) is 4.63. The van der Waals surface area contributed by atoms with Crippen LogP contribution >= 0.6 is 0 Å². The van der Waals surface area contributed by atoms with Crippen LogP contribution in [0.2, 0.25) is 0 Å². The fourth-order valence-corrected chi connectivity index (χ4v) is 3.85. The third-order valence-corrected chi connectivity index (χ3v) is 5.35. The first-order chi connectivity index (χ1) is 13.3. The summed E-state index contributed by atoms with van der Waals surface area (Å²) in [7, 11) is 0. The van der Waals surface area contributed by atoms with Crippen molar-refractivity contribution in [2.24, 2.45) is 0 Å². The summed E-state index contributed by atoms with van der Waals surface area (Å²) in [5, 5.41) is 3.15. The highest BCUT2D eigenvalue weighted by atomic mass is 16.5. The number of ether oxygens (including phenoxy) is 1. The Labute approximate surface area is 160 Å². The summed E-state index contributed by atoms with van der Waals surface area (Å²) in [6.07, 6.45) is 5.25. The van der Waals surface area contributed by atoms with Gasteiger partial charge in [0.2, 0.25) is 11.9 Å². The maximum atomic E-state index is 12.3. The van der Waals surface area contributed by atoms with Crippen LogP contribution in [0.4, 0.5) is 5.95 Å². The van der Waals surface area contributed by atoms with Crippen molar-refractivity contribution in [3.63, 3.8) is 0 Å². The minimum absolute atomic E-state index is 0.0740. The van der Waals surface area contributed by atoms with Gasteiger partial charge in [-0.05, 0) is 30.9 Å². The number of anilines is 1. The van der Waals surface area contributed by atoms with Crippen molar-refractivity contribution in [2.75, 3.05) is 31.2 Å². The highest BCUT2D eigenvalue weighted by molar-refractivity contribution is 5.79. The Hall–Kier alpha value is -2.47. The van der Waals surface area contributed by atoms with Gasteiger partial charge < -0.3 is 15.0 Å². The van der Waals surface area contributed by atoms with Crippen LogP contribution in [-0.2, 0) is 16.0 Å². The average Bonchev–Trinajstić information content (AvgIpc) is 3.18. The molecule has 0 bridgehead atoms. The zero-order chi connectivity index (χ0) is 18.5. The number of carbonyl (C=O) groups excluding carboxylic acids is 1. The molecular weight excluding hydrogens is 340 g/mol. The lowest BCUT2D eigenvalue weighted by atomic mass is 9.96. The molecule has 6 nitrogen and oxygen atoms in total. The number of amides is 1. The van der Waals surface area contributed by atoms with Crippen molar-refractivity contribution in [1.29, 1.82) is 0 Å². The van der Waals surface area contributed by atoms with Crippen LogP contribution in [0.3, 0.4) is 0 Å². The zero-order valence-electron chi connectivity index (χ0n) is 15.5. The minimum Gasteiger partial charge on any atom is -0.381 e. The van der Waals surface area contributed by atoms with Crippen molar-refractivity contribution in [3.8, 4) is 0 Å². The van der Waals surface area contributed by atoms with Gasteiger partial charge in [0.1, 0.15) is 0 Å². The second-order valence-electron chi connectivity index (χ2n) is 7.33. The topological polar surface area (TPSA) is 67.4 Å². The predicted molar refractivity (Wildman–Crippen MR) is 104 cm³/mol. The predicted octanol–water partition coefficient (Wildman–Crippen LogP) is 2.31. The van der Waals surface area contributed by atoms with Gasteiger partial charge in [0.25, 0.3) is 0 Å². The smallest absolute Gasteiger partial charge is 0.225 e. The highest BCUT2D eigenvalue weighted by Crippen LogP contribution is 2.26. The molecule has 1 aromatic carbocycles. The first-order valence-electron chi connectivity index (χ1n) is 9.77. The van der Waals surface area contributed by atoms with Crippen molar-refractivity contribution in [2.45, 2.75) is 37.6 Å².